The minimum absolute atomic E-state index is 0.0653. The summed E-state index contributed by atoms with van der Waals surface area (Å²) >= 11 is 0. The number of likely N-dealkylation sites (tertiary alicyclic amines) is 1. The number of hydrogen-bond donors (Lipinski definition) is 3. The molecular weight excluding hydrogens is 376 g/mol. The Bertz CT molecular complexity index is 1040. The zero-order valence-electron chi connectivity index (χ0n) is 17.2. The van der Waals surface area contributed by atoms with Gasteiger partial charge in [-0.05, 0) is 68.1 Å². The fraction of sp³-hybridized carbons (Fsp3) is 0.333. The molecule has 4 rings (SSSR count). The number of nitrogens with two attached hydrogens (primary N) is 1. The van der Waals surface area contributed by atoms with Crippen molar-refractivity contribution in [3.63, 3.8) is 0 Å². The largest absolute Gasteiger partial charge is 0.366 e. The number of carbonyl (C=O) groups excluding carboxylic acids is 2. The number of aromatic nitrogens is 1. The van der Waals surface area contributed by atoms with Gasteiger partial charge in [0, 0.05) is 29.2 Å². The van der Waals surface area contributed by atoms with Crippen LogP contribution in [0.1, 0.15) is 47.2 Å². The van der Waals surface area contributed by atoms with E-state index in [1.807, 2.05) is 55.6 Å². The van der Waals surface area contributed by atoms with Crippen LogP contribution in [0.15, 0.2) is 54.7 Å². The molecule has 6 nitrogen and oxygen atoms in total. The van der Waals surface area contributed by atoms with E-state index >= 15 is 0 Å². The van der Waals surface area contributed by atoms with Crippen molar-refractivity contribution < 1.29 is 9.59 Å². The molecule has 2 amide bonds. The second-order valence-corrected chi connectivity index (χ2v) is 8.06. The number of nitrogens with one attached hydrogen (secondary N) is 2. The first-order valence-electron chi connectivity index (χ1n) is 10.5. The van der Waals surface area contributed by atoms with Gasteiger partial charge in [0.1, 0.15) is 0 Å². The second kappa shape index (κ2) is 8.71. The molecule has 0 aliphatic carbocycles. The number of carbonyl (C=O) groups is 2. The first-order chi connectivity index (χ1) is 14.5. The number of primary amides is 1. The molecule has 6 heteroatoms. The first-order valence-corrected chi connectivity index (χ1v) is 10.5. The average Bonchev–Trinajstić information content (AvgIpc) is 3.21. The fourth-order valence-corrected chi connectivity index (χ4v) is 4.33. The first kappa shape index (κ1) is 20.2. The lowest BCUT2D eigenvalue weighted by atomic mass is 9.88. The third kappa shape index (κ3) is 4.24. The predicted molar refractivity (Wildman–Crippen MR) is 118 cm³/mol. The molecule has 0 bridgehead atoms. The summed E-state index contributed by atoms with van der Waals surface area (Å²) in [6, 6.07) is 15.4. The number of aromatic amines is 1. The van der Waals surface area contributed by atoms with Gasteiger partial charge in [0.2, 0.25) is 11.8 Å². The molecular formula is C24H28N4O2. The van der Waals surface area contributed by atoms with Crippen LogP contribution in [0.25, 0.3) is 10.9 Å². The van der Waals surface area contributed by atoms with Crippen molar-refractivity contribution in [1.82, 2.24) is 15.2 Å². The van der Waals surface area contributed by atoms with Crippen molar-refractivity contribution in [2.45, 2.75) is 38.3 Å². The van der Waals surface area contributed by atoms with E-state index in [2.05, 4.69) is 15.2 Å². The Morgan fingerprint density at radius 1 is 1.17 bits per heavy atom. The topological polar surface area (TPSA) is 91.2 Å². The van der Waals surface area contributed by atoms with E-state index in [0.717, 1.165) is 42.4 Å². The molecule has 1 atom stereocenters. The molecule has 0 unspecified atom stereocenters. The number of rotatable bonds is 6. The molecule has 30 heavy (non-hydrogen) atoms. The highest BCUT2D eigenvalue weighted by molar-refractivity contribution is 5.98. The zero-order chi connectivity index (χ0) is 21.1. The summed E-state index contributed by atoms with van der Waals surface area (Å²) in [6.07, 6.45) is 4.00. The standard InChI is InChI=1S/C24H28N4O2/c1-16(24(30)27-14-17-5-3-2-4-6-17)28-11-9-18(10-12-28)21-15-26-22-8-7-19(23(25)29)13-20(21)22/h2-8,13,15-16,18,26H,9-12,14H2,1H3,(H2,25,29)(H,27,30)/t16-/m1/s1. The summed E-state index contributed by atoms with van der Waals surface area (Å²) in [5.74, 6) is 0.0578. The van der Waals surface area contributed by atoms with Crippen LogP contribution < -0.4 is 11.1 Å². The number of fused-ring (bicyclic) bond motifs is 1. The Balaban J connectivity index is 1.36. The highest BCUT2D eigenvalue weighted by atomic mass is 16.2. The van der Waals surface area contributed by atoms with Crippen LogP contribution in [-0.4, -0.2) is 40.8 Å². The Hall–Kier alpha value is -3.12. The maximum Gasteiger partial charge on any atom is 0.248 e. The van der Waals surface area contributed by atoms with Crippen LogP contribution in [0.2, 0.25) is 0 Å². The lowest BCUT2D eigenvalue weighted by Gasteiger charge is -2.35. The number of H-pyrrole nitrogens is 1. The molecule has 2 aromatic carbocycles. The molecule has 2 heterocycles. The van der Waals surface area contributed by atoms with E-state index in [9.17, 15) is 9.59 Å². The minimum Gasteiger partial charge on any atom is -0.366 e. The molecule has 0 radical (unpaired) electrons. The van der Waals surface area contributed by atoms with Gasteiger partial charge in [0.25, 0.3) is 0 Å². The number of piperidine rings is 1. The monoisotopic (exact) mass is 404 g/mol. The Labute approximate surface area is 176 Å². The van der Waals surface area contributed by atoms with Gasteiger partial charge in [-0.1, -0.05) is 30.3 Å². The van der Waals surface area contributed by atoms with E-state index in [0.29, 0.717) is 18.0 Å². The average molecular weight is 405 g/mol. The molecule has 1 fully saturated rings. The van der Waals surface area contributed by atoms with E-state index in [1.54, 1.807) is 6.07 Å². The van der Waals surface area contributed by atoms with Crippen LogP contribution >= 0.6 is 0 Å². The molecule has 4 N–H and O–H groups in total. The summed E-state index contributed by atoms with van der Waals surface area (Å²) in [6.45, 7) is 4.27. The van der Waals surface area contributed by atoms with Gasteiger partial charge >= 0.3 is 0 Å². The lowest BCUT2D eigenvalue weighted by Crippen LogP contribution is -2.47. The van der Waals surface area contributed by atoms with Crippen molar-refractivity contribution in [2.75, 3.05) is 13.1 Å². The Kier molecular flexibility index (Phi) is 5.86. The fourth-order valence-electron chi connectivity index (χ4n) is 4.33. The van der Waals surface area contributed by atoms with Gasteiger partial charge in [-0.25, -0.2) is 0 Å². The van der Waals surface area contributed by atoms with Crippen molar-refractivity contribution in [3.8, 4) is 0 Å². The maximum atomic E-state index is 12.6. The van der Waals surface area contributed by atoms with Crippen molar-refractivity contribution in [1.29, 1.82) is 0 Å². The summed E-state index contributed by atoms with van der Waals surface area (Å²) in [7, 11) is 0. The van der Waals surface area contributed by atoms with Crippen LogP contribution in [-0.2, 0) is 11.3 Å². The van der Waals surface area contributed by atoms with Gasteiger partial charge in [0.15, 0.2) is 0 Å². The summed E-state index contributed by atoms with van der Waals surface area (Å²) < 4.78 is 0. The molecule has 3 aromatic rings. The van der Waals surface area contributed by atoms with E-state index in [1.165, 1.54) is 5.56 Å². The molecule has 0 saturated carbocycles. The maximum absolute atomic E-state index is 12.6. The van der Waals surface area contributed by atoms with E-state index in [-0.39, 0.29) is 11.9 Å². The normalized spacial score (nSPS) is 16.4. The minimum atomic E-state index is -0.408. The van der Waals surface area contributed by atoms with Gasteiger partial charge in [-0.2, -0.15) is 0 Å². The summed E-state index contributed by atoms with van der Waals surface area (Å²) in [5, 5.41) is 4.11. The number of benzene rings is 2. The van der Waals surface area contributed by atoms with E-state index < -0.39 is 5.91 Å². The van der Waals surface area contributed by atoms with Gasteiger partial charge in [0.05, 0.1) is 6.04 Å². The Morgan fingerprint density at radius 3 is 2.60 bits per heavy atom. The van der Waals surface area contributed by atoms with Crippen molar-refractivity contribution >= 4 is 22.7 Å². The van der Waals surface area contributed by atoms with Crippen LogP contribution in [0.3, 0.4) is 0 Å². The van der Waals surface area contributed by atoms with Crippen LogP contribution in [0.5, 0.6) is 0 Å². The molecule has 0 spiro atoms. The van der Waals surface area contributed by atoms with E-state index in [4.69, 9.17) is 5.73 Å². The zero-order valence-corrected chi connectivity index (χ0v) is 17.2. The molecule has 1 aliphatic heterocycles. The smallest absolute Gasteiger partial charge is 0.248 e. The number of nitrogens with zero attached hydrogens (tertiary/aromatic N) is 1. The highest BCUT2D eigenvalue weighted by Crippen LogP contribution is 2.34. The van der Waals surface area contributed by atoms with Crippen LogP contribution in [0, 0.1) is 0 Å². The number of hydrogen-bond acceptors (Lipinski definition) is 3. The molecule has 1 saturated heterocycles. The number of amides is 2. The summed E-state index contributed by atoms with van der Waals surface area (Å²) in [4.78, 5) is 29.7. The third-order valence-corrected chi connectivity index (χ3v) is 6.20. The van der Waals surface area contributed by atoms with Gasteiger partial charge in [-0.3, -0.25) is 14.5 Å². The quantitative estimate of drug-likeness (QED) is 0.589. The van der Waals surface area contributed by atoms with Crippen LogP contribution in [0.4, 0.5) is 0 Å². The van der Waals surface area contributed by atoms with Gasteiger partial charge in [-0.15, -0.1) is 0 Å². The van der Waals surface area contributed by atoms with Crippen molar-refractivity contribution in [2.24, 2.45) is 5.73 Å². The lowest BCUT2D eigenvalue weighted by molar-refractivity contribution is -0.126. The Morgan fingerprint density at radius 2 is 1.90 bits per heavy atom. The second-order valence-electron chi connectivity index (χ2n) is 8.06. The molecule has 156 valence electrons. The SMILES string of the molecule is C[C@H](C(=O)NCc1ccccc1)N1CCC(c2c[nH]c3ccc(C(N)=O)cc23)CC1. The summed E-state index contributed by atoms with van der Waals surface area (Å²) in [5.41, 5.74) is 9.34. The predicted octanol–water partition coefficient (Wildman–Crippen LogP) is 3.15. The van der Waals surface area contributed by atoms with Crippen molar-refractivity contribution in [3.05, 3.63) is 71.4 Å². The third-order valence-electron chi connectivity index (χ3n) is 6.20. The van der Waals surface area contributed by atoms with Gasteiger partial charge < -0.3 is 16.0 Å². The highest BCUT2D eigenvalue weighted by Gasteiger charge is 2.28. The molecule has 1 aromatic heterocycles. The molecule has 1 aliphatic rings.